The molecule has 0 saturated carbocycles. The third-order valence-electron chi connectivity index (χ3n) is 5.24. The monoisotopic (exact) mass is 560 g/mol. The number of ether oxygens (including phenoxy) is 3. The van der Waals surface area contributed by atoms with Crippen molar-refractivity contribution in [3.8, 4) is 17.2 Å². The Morgan fingerprint density at radius 3 is 2.38 bits per heavy atom. The number of benzene rings is 4. The Morgan fingerprint density at radius 1 is 0.892 bits per heavy atom. The van der Waals surface area contributed by atoms with Crippen LogP contribution in [0.1, 0.15) is 29.3 Å². The highest BCUT2D eigenvalue weighted by Crippen LogP contribution is 2.32. The van der Waals surface area contributed by atoms with Gasteiger partial charge >= 0.3 is 5.97 Å². The molecule has 0 aliphatic rings. The first-order valence-corrected chi connectivity index (χ1v) is 12.5. The molecule has 188 valence electrons. The van der Waals surface area contributed by atoms with Crippen molar-refractivity contribution in [2.45, 2.75) is 13.3 Å². The van der Waals surface area contributed by atoms with Crippen LogP contribution in [0.5, 0.6) is 17.2 Å². The summed E-state index contributed by atoms with van der Waals surface area (Å²) in [6, 6.07) is 25.2. The van der Waals surface area contributed by atoms with Crippen molar-refractivity contribution in [3.63, 3.8) is 0 Å². The molecule has 0 aliphatic heterocycles. The third kappa shape index (κ3) is 7.17. The zero-order chi connectivity index (χ0) is 26.0. The summed E-state index contributed by atoms with van der Waals surface area (Å²) in [5.74, 6) is 0.819. The topological polar surface area (TPSA) is 86.2 Å². The van der Waals surface area contributed by atoms with E-state index in [2.05, 4.69) is 26.5 Å². The summed E-state index contributed by atoms with van der Waals surface area (Å²) >= 11 is 3.54. The Hall–Kier alpha value is -4.17. The van der Waals surface area contributed by atoms with Crippen LogP contribution in [0.4, 0.5) is 0 Å². The maximum absolute atomic E-state index is 12.4. The lowest BCUT2D eigenvalue weighted by Crippen LogP contribution is -2.24. The summed E-state index contributed by atoms with van der Waals surface area (Å²) in [6.07, 6.45) is 2.40. The Kier molecular flexibility index (Phi) is 8.89. The Bertz CT molecular complexity index is 1400. The molecule has 4 rings (SSSR count). The fourth-order valence-electron chi connectivity index (χ4n) is 3.37. The van der Waals surface area contributed by atoms with E-state index in [4.69, 9.17) is 14.2 Å². The van der Waals surface area contributed by atoms with Crippen molar-refractivity contribution in [2.24, 2.45) is 5.10 Å². The quantitative estimate of drug-likeness (QED) is 0.109. The third-order valence-corrected chi connectivity index (χ3v) is 6.06. The zero-order valence-electron chi connectivity index (χ0n) is 20.1. The molecule has 7 nitrogen and oxygen atoms in total. The summed E-state index contributed by atoms with van der Waals surface area (Å²) in [7, 11) is 0. The van der Waals surface area contributed by atoms with Crippen molar-refractivity contribution in [2.75, 3.05) is 13.2 Å². The van der Waals surface area contributed by atoms with Crippen LogP contribution >= 0.6 is 15.9 Å². The SMILES string of the molecule is CCCOc1ccc(C(=O)Oc2ccc(/C=N/NC(=O)COc3ccc4ccccc4c3Br)cc2)cc1. The van der Waals surface area contributed by atoms with Crippen LogP contribution in [0.3, 0.4) is 0 Å². The van der Waals surface area contributed by atoms with Crippen molar-refractivity contribution in [1.82, 2.24) is 5.43 Å². The fourth-order valence-corrected chi connectivity index (χ4v) is 3.98. The lowest BCUT2D eigenvalue weighted by atomic mass is 10.1. The average Bonchev–Trinajstić information content (AvgIpc) is 2.93. The second-order valence-corrected chi connectivity index (χ2v) is 8.81. The van der Waals surface area contributed by atoms with Gasteiger partial charge in [-0.2, -0.15) is 5.10 Å². The molecule has 8 heteroatoms. The minimum atomic E-state index is -0.464. The first-order chi connectivity index (χ1) is 18.0. The number of fused-ring (bicyclic) bond motifs is 1. The molecule has 4 aromatic rings. The number of hydrogen-bond donors (Lipinski definition) is 1. The summed E-state index contributed by atoms with van der Waals surface area (Å²) < 4.78 is 17.4. The number of rotatable bonds is 10. The number of hydrazone groups is 1. The summed E-state index contributed by atoms with van der Waals surface area (Å²) in [5.41, 5.74) is 3.58. The smallest absolute Gasteiger partial charge is 0.343 e. The largest absolute Gasteiger partial charge is 0.494 e. The van der Waals surface area contributed by atoms with Gasteiger partial charge in [-0.3, -0.25) is 4.79 Å². The van der Waals surface area contributed by atoms with Crippen LogP contribution in [0, 0.1) is 0 Å². The van der Waals surface area contributed by atoms with Crippen molar-refractivity contribution in [1.29, 1.82) is 0 Å². The van der Waals surface area contributed by atoms with Gasteiger partial charge in [0, 0.05) is 0 Å². The molecule has 4 aromatic carbocycles. The van der Waals surface area contributed by atoms with Gasteiger partial charge in [0.2, 0.25) is 0 Å². The summed E-state index contributed by atoms with van der Waals surface area (Å²) in [4.78, 5) is 24.5. The molecule has 0 unspecified atom stereocenters. The number of hydrogen-bond acceptors (Lipinski definition) is 6. The molecule has 1 N–H and O–H groups in total. The van der Waals surface area contributed by atoms with Crippen molar-refractivity contribution < 1.29 is 23.8 Å². The van der Waals surface area contributed by atoms with E-state index in [1.165, 1.54) is 6.21 Å². The highest BCUT2D eigenvalue weighted by molar-refractivity contribution is 9.10. The van der Waals surface area contributed by atoms with E-state index >= 15 is 0 Å². The first kappa shape index (κ1) is 25.9. The first-order valence-electron chi connectivity index (χ1n) is 11.7. The number of nitrogens with zero attached hydrogens (tertiary/aromatic N) is 1. The van der Waals surface area contributed by atoms with Gasteiger partial charge in [-0.05, 0) is 93.3 Å². The number of carbonyl (C=O) groups is 2. The van der Waals surface area contributed by atoms with Gasteiger partial charge in [0.05, 0.1) is 22.9 Å². The summed E-state index contributed by atoms with van der Waals surface area (Å²) in [6.45, 7) is 2.47. The molecule has 0 saturated heterocycles. The second-order valence-electron chi connectivity index (χ2n) is 8.01. The number of halogens is 1. The van der Waals surface area contributed by atoms with Gasteiger partial charge in [-0.1, -0.05) is 37.3 Å². The van der Waals surface area contributed by atoms with E-state index in [0.29, 0.717) is 29.4 Å². The van der Waals surface area contributed by atoms with Gasteiger partial charge in [0.1, 0.15) is 17.2 Å². The van der Waals surface area contributed by atoms with E-state index in [1.807, 2.05) is 43.3 Å². The molecule has 0 atom stereocenters. The van der Waals surface area contributed by atoms with Crippen LogP contribution < -0.4 is 19.6 Å². The van der Waals surface area contributed by atoms with Gasteiger partial charge in [0.25, 0.3) is 5.91 Å². The van der Waals surface area contributed by atoms with E-state index < -0.39 is 11.9 Å². The minimum absolute atomic E-state index is 0.186. The lowest BCUT2D eigenvalue weighted by Gasteiger charge is -2.09. The van der Waals surface area contributed by atoms with Crippen LogP contribution in [0.25, 0.3) is 10.8 Å². The molecule has 0 aliphatic carbocycles. The maximum atomic E-state index is 12.4. The maximum Gasteiger partial charge on any atom is 0.343 e. The van der Waals surface area contributed by atoms with Gasteiger partial charge in [-0.15, -0.1) is 0 Å². The average molecular weight is 561 g/mol. The fraction of sp³-hybridized carbons (Fsp3) is 0.138. The van der Waals surface area contributed by atoms with Crippen LogP contribution in [0.2, 0.25) is 0 Å². The van der Waals surface area contributed by atoms with Gasteiger partial charge in [0.15, 0.2) is 6.61 Å². The second kappa shape index (κ2) is 12.7. The number of carbonyl (C=O) groups excluding carboxylic acids is 2. The van der Waals surface area contributed by atoms with Crippen LogP contribution in [0.15, 0.2) is 94.5 Å². The number of nitrogens with one attached hydrogen (secondary N) is 1. The van der Waals surface area contributed by atoms with Gasteiger partial charge < -0.3 is 14.2 Å². The number of esters is 1. The molecule has 0 heterocycles. The molecule has 0 radical (unpaired) electrons. The Morgan fingerprint density at radius 2 is 1.62 bits per heavy atom. The van der Waals surface area contributed by atoms with Crippen LogP contribution in [-0.2, 0) is 4.79 Å². The molecule has 37 heavy (non-hydrogen) atoms. The predicted molar refractivity (Wildman–Crippen MR) is 147 cm³/mol. The van der Waals surface area contributed by atoms with E-state index in [-0.39, 0.29) is 6.61 Å². The molecular formula is C29H25BrN2O5. The molecule has 0 spiro atoms. The molecule has 0 bridgehead atoms. The van der Waals surface area contributed by atoms with Gasteiger partial charge in [-0.25, -0.2) is 10.2 Å². The van der Waals surface area contributed by atoms with Crippen molar-refractivity contribution >= 4 is 44.8 Å². The van der Waals surface area contributed by atoms with E-state index in [9.17, 15) is 9.59 Å². The van der Waals surface area contributed by atoms with Crippen molar-refractivity contribution in [3.05, 3.63) is 101 Å². The Balaban J connectivity index is 1.24. The highest BCUT2D eigenvalue weighted by atomic mass is 79.9. The molecular weight excluding hydrogens is 536 g/mol. The number of amides is 1. The lowest BCUT2D eigenvalue weighted by molar-refractivity contribution is -0.123. The predicted octanol–water partition coefficient (Wildman–Crippen LogP) is 6.14. The highest BCUT2D eigenvalue weighted by Gasteiger charge is 2.10. The van der Waals surface area contributed by atoms with E-state index in [0.717, 1.165) is 27.2 Å². The Labute approximate surface area is 223 Å². The normalized spacial score (nSPS) is 10.9. The minimum Gasteiger partial charge on any atom is -0.494 e. The zero-order valence-corrected chi connectivity index (χ0v) is 21.7. The molecule has 0 fully saturated rings. The molecule has 1 amide bonds. The summed E-state index contributed by atoms with van der Waals surface area (Å²) in [5, 5.41) is 6.03. The molecule has 0 aromatic heterocycles. The van der Waals surface area contributed by atoms with E-state index in [1.54, 1.807) is 48.5 Å². The standard InChI is InChI=1S/C29H25BrN2O5/c1-2-17-35-23-14-9-22(10-15-23)29(34)37-24-12-7-20(8-13-24)18-31-32-27(33)19-36-26-16-11-21-5-3-4-6-25(21)28(26)30/h3-16,18H,2,17,19H2,1H3,(H,32,33)/b31-18+. The van der Waals surface area contributed by atoms with Crippen LogP contribution in [-0.4, -0.2) is 31.3 Å².